The molecule has 2 aromatic rings. The molecule has 0 aromatic carbocycles. The van der Waals surface area contributed by atoms with Crippen molar-refractivity contribution in [2.75, 3.05) is 23.0 Å². The Labute approximate surface area is 214 Å². The highest BCUT2D eigenvalue weighted by atomic mass is 35.5. The lowest BCUT2D eigenvalue weighted by atomic mass is 10.0. The fourth-order valence-electron chi connectivity index (χ4n) is 3.35. The van der Waals surface area contributed by atoms with Gasteiger partial charge in [-0.3, -0.25) is 14.5 Å². The predicted molar refractivity (Wildman–Crippen MR) is 132 cm³/mol. The Morgan fingerprint density at radius 2 is 2.06 bits per heavy atom. The number of amides is 2. The number of nitrogens with two attached hydrogens (primary N) is 3. The maximum Gasteiger partial charge on any atom is 0.353 e. The molecule has 2 atom stereocenters. The van der Waals surface area contributed by atoms with Crippen molar-refractivity contribution in [3.8, 4) is 0 Å². The van der Waals surface area contributed by atoms with Gasteiger partial charge in [-0.1, -0.05) is 28.1 Å². The second-order valence-electron chi connectivity index (χ2n) is 6.99. The molecule has 2 aliphatic rings. The molecule has 2 unspecified atom stereocenters. The number of carbonyl (C=O) groups excluding carboxylic acids is 2. The van der Waals surface area contributed by atoms with Gasteiger partial charge in [0, 0.05) is 22.5 Å². The summed E-state index contributed by atoms with van der Waals surface area (Å²) in [6.45, 7) is 0. The summed E-state index contributed by atoms with van der Waals surface area (Å²) in [4.78, 5) is 50.8. The first-order chi connectivity index (χ1) is 16.6. The molecular weight excluding hydrogens is 542 g/mol. The van der Waals surface area contributed by atoms with Crippen LogP contribution in [-0.4, -0.2) is 70.8 Å². The topological polar surface area (TPSA) is 236 Å². The smallest absolute Gasteiger partial charge is 0.353 e. The number of aliphatic carboxylic acids is 1. The summed E-state index contributed by atoms with van der Waals surface area (Å²) in [6.07, 6.45) is 0. The van der Waals surface area contributed by atoms with Crippen LogP contribution in [0.15, 0.2) is 21.8 Å². The van der Waals surface area contributed by atoms with Crippen molar-refractivity contribution in [2.24, 2.45) is 5.16 Å². The van der Waals surface area contributed by atoms with E-state index in [1.54, 1.807) is 0 Å². The fourth-order valence-corrected chi connectivity index (χ4v) is 6.80. The summed E-state index contributed by atoms with van der Waals surface area (Å²) < 4.78 is 0.0315. The Morgan fingerprint density at radius 1 is 1.31 bits per heavy atom. The van der Waals surface area contributed by atoms with Gasteiger partial charge in [0.15, 0.2) is 10.8 Å². The third-order valence-electron chi connectivity index (χ3n) is 4.77. The summed E-state index contributed by atoms with van der Waals surface area (Å²) >= 11 is 9.30. The number of thioether (sulfide) groups is 2. The van der Waals surface area contributed by atoms with Crippen molar-refractivity contribution in [2.45, 2.75) is 17.2 Å². The highest BCUT2D eigenvalue weighted by Gasteiger charge is 2.54. The van der Waals surface area contributed by atoms with Gasteiger partial charge >= 0.3 is 5.97 Å². The molecule has 2 aliphatic heterocycles. The lowest BCUT2D eigenvalue weighted by Gasteiger charge is -2.49. The van der Waals surface area contributed by atoms with E-state index in [2.05, 4.69) is 25.4 Å². The zero-order chi connectivity index (χ0) is 25.4. The maximum absolute atomic E-state index is 12.8. The molecule has 2 amide bonds. The molecule has 184 valence electrons. The second kappa shape index (κ2) is 9.76. The number of halogens is 1. The second-order valence-corrected chi connectivity index (χ2v) is 10.8. The molecule has 1 fully saturated rings. The van der Waals surface area contributed by atoms with Crippen molar-refractivity contribution in [1.29, 1.82) is 0 Å². The minimum absolute atomic E-state index is 0.00459. The Morgan fingerprint density at radius 3 is 2.66 bits per heavy atom. The quantitative estimate of drug-likeness (QED) is 0.115. The lowest BCUT2D eigenvalue weighted by Crippen LogP contribution is -2.71. The monoisotopic (exact) mass is 557 g/mol. The van der Waals surface area contributed by atoms with Crippen LogP contribution >= 0.6 is 46.5 Å². The molecular formula is C17H16ClN9O5S3. The average molecular weight is 558 g/mol. The lowest BCUT2D eigenvalue weighted by molar-refractivity contribution is -0.150. The van der Waals surface area contributed by atoms with Gasteiger partial charge in [0.25, 0.3) is 11.8 Å². The van der Waals surface area contributed by atoms with Crippen LogP contribution in [0.25, 0.3) is 0 Å². The fraction of sp³-hybridized carbons (Fsp3) is 0.235. The summed E-state index contributed by atoms with van der Waals surface area (Å²) in [6, 6.07) is 0.466. The van der Waals surface area contributed by atoms with Crippen LogP contribution in [0.1, 0.15) is 11.4 Å². The first kappa shape index (κ1) is 24.8. The van der Waals surface area contributed by atoms with Crippen LogP contribution in [0.3, 0.4) is 0 Å². The average Bonchev–Trinajstić information content (AvgIpc) is 3.12. The van der Waals surface area contributed by atoms with Crippen LogP contribution in [0.4, 0.5) is 16.9 Å². The van der Waals surface area contributed by atoms with E-state index in [1.807, 2.05) is 0 Å². The van der Waals surface area contributed by atoms with Gasteiger partial charge in [0.05, 0.1) is 5.69 Å². The first-order valence-electron chi connectivity index (χ1n) is 9.48. The number of carboxylic acids is 1. The van der Waals surface area contributed by atoms with Gasteiger partial charge in [0.1, 0.15) is 33.0 Å². The Bertz CT molecular complexity index is 1280. The molecule has 0 saturated carbocycles. The van der Waals surface area contributed by atoms with Gasteiger partial charge in [-0.15, -0.1) is 23.5 Å². The molecule has 4 rings (SSSR count). The van der Waals surface area contributed by atoms with Crippen LogP contribution in [-0.2, 0) is 20.1 Å². The van der Waals surface area contributed by atoms with Crippen molar-refractivity contribution in [3.63, 3.8) is 0 Å². The van der Waals surface area contributed by atoms with E-state index in [-0.39, 0.29) is 44.1 Å². The molecule has 1 saturated heterocycles. The molecule has 4 heterocycles. The molecule has 0 radical (unpaired) electrons. The number of thiazole rings is 1. The van der Waals surface area contributed by atoms with Crippen LogP contribution in [0.5, 0.6) is 0 Å². The van der Waals surface area contributed by atoms with E-state index in [0.717, 1.165) is 16.2 Å². The number of nitrogens with zero attached hydrogens (tertiary/aromatic N) is 5. The van der Waals surface area contributed by atoms with E-state index in [1.165, 1.54) is 29.6 Å². The van der Waals surface area contributed by atoms with Crippen molar-refractivity contribution in [1.82, 2.24) is 25.2 Å². The third-order valence-corrected chi connectivity index (χ3v) is 8.45. The first-order valence-corrected chi connectivity index (χ1v) is 12.7. The number of aromatic nitrogens is 3. The Kier molecular flexibility index (Phi) is 6.93. The number of hydrogen-bond donors (Lipinski definition) is 6. The summed E-state index contributed by atoms with van der Waals surface area (Å²) in [5.41, 5.74) is 16.5. The molecule has 0 spiro atoms. The number of fused-ring (bicyclic) bond motifs is 1. The molecule has 2 aromatic heterocycles. The standard InChI is InChI=1S/C17H16ClN9O5S3/c18-11-7(25-17(21)35-11)8(26-32)12(28)24-9-13(29)27-10(15(30)31)5(3-34-14(9)27)33-2-4-1-6(19)23-16(20)22-4/h1,9,14,32H,2-3H2,(H2,21,25)(H,24,28)(H,30,31)(H4,19,20,22,23)/b26-8-. The molecule has 9 N–H and O–H groups in total. The van der Waals surface area contributed by atoms with Gasteiger partial charge in [-0.2, -0.15) is 4.98 Å². The van der Waals surface area contributed by atoms with E-state index >= 15 is 0 Å². The number of carboxylic acid groups (broad SMARTS) is 1. The normalized spacial score (nSPS) is 19.9. The SMILES string of the molecule is Nc1cc(CSC2=C(C(=O)O)N3C(=O)C(NC(=O)/C(=N\O)c4nc(N)sc4Cl)C3SC2)nc(N)n1. The number of nitrogens with one attached hydrogen (secondary N) is 1. The maximum atomic E-state index is 12.8. The molecule has 18 heteroatoms. The third kappa shape index (κ3) is 4.79. The summed E-state index contributed by atoms with van der Waals surface area (Å²) in [7, 11) is 0. The van der Waals surface area contributed by atoms with Gasteiger partial charge in [0.2, 0.25) is 5.95 Å². The molecule has 0 aliphatic carbocycles. The van der Waals surface area contributed by atoms with Crippen molar-refractivity contribution >= 4 is 86.9 Å². The number of anilines is 3. The van der Waals surface area contributed by atoms with Crippen molar-refractivity contribution in [3.05, 3.63) is 32.4 Å². The number of hydrogen-bond acceptors (Lipinski definition) is 14. The summed E-state index contributed by atoms with van der Waals surface area (Å²) in [5.74, 6) is -2.15. The Hall–Kier alpha value is -3.28. The minimum atomic E-state index is -1.29. The van der Waals surface area contributed by atoms with E-state index in [9.17, 15) is 24.7 Å². The number of oxime groups is 1. The van der Waals surface area contributed by atoms with Gasteiger partial charge in [-0.05, 0) is 0 Å². The zero-order valence-electron chi connectivity index (χ0n) is 17.3. The number of β-lactam (4-membered cyclic amide) rings is 1. The van der Waals surface area contributed by atoms with E-state index in [0.29, 0.717) is 10.6 Å². The predicted octanol–water partition coefficient (Wildman–Crippen LogP) is 0.141. The number of nitrogen functional groups attached to an aromatic ring is 3. The molecule has 14 nitrogen and oxygen atoms in total. The van der Waals surface area contributed by atoms with Crippen LogP contribution < -0.4 is 22.5 Å². The number of carbonyl (C=O) groups is 3. The molecule has 35 heavy (non-hydrogen) atoms. The van der Waals surface area contributed by atoms with Gasteiger partial charge in [-0.25, -0.2) is 14.8 Å². The summed E-state index contributed by atoms with van der Waals surface area (Å²) in [5, 5.41) is 23.9. The van der Waals surface area contributed by atoms with E-state index < -0.39 is 34.9 Å². The molecule has 0 bridgehead atoms. The minimum Gasteiger partial charge on any atom is -0.477 e. The van der Waals surface area contributed by atoms with Crippen molar-refractivity contribution < 1.29 is 24.7 Å². The Balaban J connectivity index is 1.49. The van der Waals surface area contributed by atoms with Crippen LogP contribution in [0, 0.1) is 0 Å². The largest absolute Gasteiger partial charge is 0.477 e. The van der Waals surface area contributed by atoms with Gasteiger partial charge < -0.3 is 32.8 Å². The van der Waals surface area contributed by atoms with E-state index in [4.69, 9.17) is 28.8 Å². The number of rotatable bonds is 7. The zero-order valence-corrected chi connectivity index (χ0v) is 20.5. The highest BCUT2D eigenvalue weighted by molar-refractivity contribution is 8.05. The van der Waals surface area contributed by atoms with Crippen LogP contribution in [0.2, 0.25) is 4.34 Å². The highest BCUT2D eigenvalue weighted by Crippen LogP contribution is 2.44.